The molecular weight excluding hydrogens is 484 g/mol. The first-order valence-electron chi connectivity index (χ1n) is 15.2. The van der Waals surface area contributed by atoms with E-state index in [1.165, 1.54) is 55.9 Å². The summed E-state index contributed by atoms with van der Waals surface area (Å²) in [5.74, 6) is 2.08. The minimum absolute atomic E-state index is 0.0302. The fourth-order valence-electron chi connectivity index (χ4n) is 6.03. The van der Waals surface area contributed by atoms with Crippen molar-refractivity contribution < 1.29 is 4.57 Å². The molecule has 0 saturated heterocycles. The summed E-state index contributed by atoms with van der Waals surface area (Å²) < 4.78 is 4.98. The first kappa shape index (κ1) is 30.1. The molecule has 0 bridgehead atoms. The Morgan fingerprint density at radius 2 is 1.05 bits per heavy atom. The van der Waals surface area contributed by atoms with Crippen molar-refractivity contribution in [2.24, 2.45) is 7.05 Å². The number of aromatic nitrogens is 2. The van der Waals surface area contributed by atoms with E-state index in [4.69, 9.17) is 0 Å². The molecule has 1 heterocycles. The summed E-state index contributed by atoms with van der Waals surface area (Å²) in [4.78, 5) is 0. The molecule has 40 heavy (non-hydrogen) atoms. The van der Waals surface area contributed by atoms with Gasteiger partial charge in [0.25, 0.3) is 5.82 Å². The topological polar surface area (TPSA) is 8.81 Å². The van der Waals surface area contributed by atoms with Crippen LogP contribution in [0.25, 0.3) is 27.8 Å². The Labute approximate surface area is 244 Å². The number of benzene rings is 3. The molecular formula is C38H53N2+. The molecule has 0 amide bonds. The van der Waals surface area contributed by atoms with E-state index in [9.17, 15) is 0 Å². The fourth-order valence-corrected chi connectivity index (χ4v) is 6.03. The molecule has 4 aromatic rings. The van der Waals surface area contributed by atoms with Crippen molar-refractivity contribution >= 4 is 11.0 Å². The number of nitrogens with zero attached hydrogens (tertiary/aromatic N) is 2. The van der Waals surface area contributed by atoms with E-state index in [-0.39, 0.29) is 16.2 Å². The smallest absolute Gasteiger partial charge is 0.229 e. The van der Waals surface area contributed by atoms with Crippen molar-refractivity contribution in [3.8, 4) is 16.8 Å². The van der Waals surface area contributed by atoms with Gasteiger partial charge >= 0.3 is 0 Å². The third kappa shape index (κ3) is 5.52. The van der Waals surface area contributed by atoms with Crippen molar-refractivity contribution in [1.82, 2.24) is 4.57 Å². The molecule has 4 rings (SSSR count). The maximum absolute atomic E-state index is 2.58. The van der Waals surface area contributed by atoms with Crippen molar-refractivity contribution in [2.75, 3.05) is 0 Å². The molecule has 0 aliphatic heterocycles. The largest absolute Gasteiger partial charge is 0.267 e. The van der Waals surface area contributed by atoms with Gasteiger partial charge in [0.15, 0.2) is 11.0 Å². The van der Waals surface area contributed by atoms with Gasteiger partial charge in [-0.2, -0.15) is 4.57 Å². The summed E-state index contributed by atoms with van der Waals surface area (Å²) in [7, 11) is 2.23. The average molecular weight is 538 g/mol. The lowest BCUT2D eigenvalue weighted by Gasteiger charge is -2.27. The predicted molar refractivity (Wildman–Crippen MR) is 174 cm³/mol. The van der Waals surface area contributed by atoms with Crippen LogP contribution in [-0.2, 0) is 23.3 Å². The van der Waals surface area contributed by atoms with Crippen molar-refractivity contribution in [1.29, 1.82) is 0 Å². The van der Waals surface area contributed by atoms with Crippen molar-refractivity contribution in [3.05, 3.63) is 82.7 Å². The SMILES string of the molecule is CC(C)c1cc(-c2cc(C(C)(C)C)cc(C(C)(C)C)c2)cc(C(C)C)c1-n1c(C(C)(C)C)[n+](C)c2ccccc21. The second-order valence-corrected chi connectivity index (χ2v) is 15.6. The minimum Gasteiger partial charge on any atom is -0.229 e. The first-order chi connectivity index (χ1) is 18.3. The van der Waals surface area contributed by atoms with Crippen LogP contribution >= 0.6 is 0 Å². The molecule has 0 aliphatic carbocycles. The Bertz CT molecular complexity index is 1480. The van der Waals surface area contributed by atoms with E-state index in [1.807, 2.05) is 0 Å². The number of aryl methyl sites for hydroxylation is 1. The van der Waals surface area contributed by atoms with Gasteiger partial charge in [-0.05, 0) is 90.0 Å². The Hall–Kier alpha value is -2.87. The predicted octanol–water partition coefficient (Wildman–Crippen LogP) is 10.3. The van der Waals surface area contributed by atoms with Crippen LogP contribution in [0.15, 0.2) is 54.6 Å². The monoisotopic (exact) mass is 537 g/mol. The van der Waals surface area contributed by atoms with E-state index in [0.717, 1.165) is 0 Å². The molecule has 0 saturated carbocycles. The molecule has 2 heteroatoms. The van der Waals surface area contributed by atoms with Gasteiger partial charge in [-0.1, -0.05) is 99.6 Å². The molecule has 0 fully saturated rings. The molecule has 214 valence electrons. The quantitative estimate of drug-likeness (QED) is 0.229. The lowest BCUT2D eigenvalue weighted by atomic mass is 9.78. The molecule has 1 aromatic heterocycles. The van der Waals surface area contributed by atoms with Gasteiger partial charge in [-0.3, -0.25) is 0 Å². The standard InChI is InChI=1S/C38H53N2/c1-24(2)30-21-27(26-19-28(36(5,6)7)23-29(20-26)37(8,9)10)22-31(25(3)4)34(30)40-33-18-16-15-17-32(33)39(14)35(40)38(11,12)13/h15-25H,1-14H3/q+1. The number of para-hydroxylation sites is 2. The molecule has 0 aliphatic rings. The van der Waals surface area contributed by atoms with Gasteiger partial charge in [-0.15, -0.1) is 0 Å². The molecule has 0 spiro atoms. The van der Waals surface area contributed by atoms with E-state index < -0.39 is 0 Å². The van der Waals surface area contributed by atoms with Gasteiger partial charge in [0.2, 0.25) is 0 Å². The minimum atomic E-state index is -0.0302. The molecule has 0 N–H and O–H groups in total. The zero-order valence-electron chi connectivity index (χ0n) is 27.7. The normalized spacial score (nSPS) is 13.2. The molecule has 2 nitrogen and oxygen atoms in total. The first-order valence-corrected chi connectivity index (χ1v) is 15.2. The molecule has 0 atom stereocenters. The van der Waals surface area contributed by atoms with Crippen LogP contribution < -0.4 is 4.57 Å². The highest BCUT2D eigenvalue weighted by Crippen LogP contribution is 2.41. The van der Waals surface area contributed by atoms with Gasteiger partial charge in [-0.25, -0.2) is 4.57 Å². The number of hydrogen-bond donors (Lipinski definition) is 0. The van der Waals surface area contributed by atoms with Gasteiger partial charge < -0.3 is 0 Å². The Morgan fingerprint density at radius 3 is 1.48 bits per heavy atom. The van der Waals surface area contributed by atoms with Crippen molar-refractivity contribution in [2.45, 2.75) is 118 Å². The van der Waals surface area contributed by atoms with Crippen LogP contribution in [0.3, 0.4) is 0 Å². The molecule has 3 aromatic carbocycles. The zero-order chi connectivity index (χ0) is 29.9. The van der Waals surface area contributed by atoms with Crippen LogP contribution in [-0.4, -0.2) is 4.57 Å². The van der Waals surface area contributed by atoms with Gasteiger partial charge in [0.1, 0.15) is 5.69 Å². The number of hydrogen-bond acceptors (Lipinski definition) is 0. The lowest BCUT2D eigenvalue weighted by molar-refractivity contribution is -0.657. The summed E-state index contributed by atoms with van der Waals surface area (Å²) >= 11 is 0. The second-order valence-electron chi connectivity index (χ2n) is 15.6. The Morgan fingerprint density at radius 1 is 0.600 bits per heavy atom. The van der Waals surface area contributed by atoms with Gasteiger partial charge in [0, 0.05) is 11.1 Å². The third-order valence-corrected chi connectivity index (χ3v) is 8.32. The van der Waals surface area contributed by atoms with Crippen LogP contribution in [0.4, 0.5) is 0 Å². The number of imidazole rings is 1. The average Bonchev–Trinajstić information content (AvgIpc) is 3.14. The highest BCUT2D eigenvalue weighted by atomic mass is 15.2. The van der Waals surface area contributed by atoms with E-state index in [2.05, 4.69) is 161 Å². The summed E-state index contributed by atoms with van der Waals surface area (Å²) in [6.45, 7) is 30.4. The number of fused-ring (bicyclic) bond motifs is 1. The Kier molecular flexibility index (Phi) is 7.67. The highest BCUT2D eigenvalue weighted by molar-refractivity contribution is 5.78. The highest BCUT2D eigenvalue weighted by Gasteiger charge is 2.36. The lowest BCUT2D eigenvalue weighted by Crippen LogP contribution is -2.39. The van der Waals surface area contributed by atoms with Crippen LogP contribution in [0.1, 0.15) is 130 Å². The zero-order valence-corrected chi connectivity index (χ0v) is 27.7. The summed E-state index contributed by atoms with van der Waals surface area (Å²) in [5.41, 5.74) is 12.3. The summed E-state index contributed by atoms with van der Waals surface area (Å²) in [6, 6.07) is 21.1. The third-order valence-electron chi connectivity index (χ3n) is 8.32. The fraction of sp³-hybridized carbons (Fsp3) is 0.500. The Balaban J connectivity index is 2.15. The maximum atomic E-state index is 2.58. The van der Waals surface area contributed by atoms with Crippen LogP contribution in [0.2, 0.25) is 0 Å². The van der Waals surface area contributed by atoms with Crippen molar-refractivity contribution in [3.63, 3.8) is 0 Å². The van der Waals surface area contributed by atoms with E-state index >= 15 is 0 Å². The summed E-state index contributed by atoms with van der Waals surface area (Å²) in [5, 5.41) is 0. The number of rotatable bonds is 4. The second kappa shape index (κ2) is 10.2. The summed E-state index contributed by atoms with van der Waals surface area (Å²) in [6.07, 6.45) is 0. The van der Waals surface area contributed by atoms with E-state index in [0.29, 0.717) is 11.8 Å². The maximum Gasteiger partial charge on any atom is 0.267 e. The van der Waals surface area contributed by atoms with E-state index in [1.54, 1.807) is 0 Å². The van der Waals surface area contributed by atoms with Crippen LogP contribution in [0.5, 0.6) is 0 Å². The van der Waals surface area contributed by atoms with Gasteiger partial charge in [0.05, 0.1) is 12.5 Å². The van der Waals surface area contributed by atoms with Crippen LogP contribution in [0, 0.1) is 0 Å². The molecule has 0 radical (unpaired) electrons. The molecule has 0 unspecified atom stereocenters.